The Balaban J connectivity index is 1.74. The van der Waals surface area contributed by atoms with Crippen LogP contribution in [0.1, 0.15) is 34.2 Å². The highest BCUT2D eigenvalue weighted by molar-refractivity contribution is 7.97. The van der Waals surface area contributed by atoms with Crippen molar-refractivity contribution in [3.8, 4) is 11.5 Å². The number of methoxy groups -OCH3 is 2. The third kappa shape index (κ3) is 3.63. The van der Waals surface area contributed by atoms with Crippen LogP contribution in [0.3, 0.4) is 0 Å². The molecule has 0 aliphatic carbocycles. The zero-order valence-corrected chi connectivity index (χ0v) is 15.6. The van der Waals surface area contributed by atoms with E-state index in [4.69, 9.17) is 13.9 Å². The summed E-state index contributed by atoms with van der Waals surface area (Å²) in [7, 11) is 3.28. The van der Waals surface area contributed by atoms with Gasteiger partial charge in [-0.25, -0.2) is 0 Å². The molecular formula is C19H23NO4S. The first-order chi connectivity index (χ1) is 12.2. The van der Waals surface area contributed by atoms with E-state index in [1.54, 1.807) is 32.0 Å². The second-order valence-electron chi connectivity index (χ2n) is 6.02. The zero-order valence-electron chi connectivity index (χ0n) is 14.8. The molecule has 1 aromatic heterocycles. The smallest absolute Gasteiger partial charge is 0.289 e. The first kappa shape index (κ1) is 17.7. The number of rotatable bonds is 6. The Morgan fingerprint density at radius 2 is 2.12 bits per heavy atom. The Bertz CT molecular complexity index is 743. The van der Waals surface area contributed by atoms with Gasteiger partial charge in [-0.3, -0.25) is 4.79 Å². The van der Waals surface area contributed by atoms with E-state index in [0.29, 0.717) is 18.8 Å². The van der Waals surface area contributed by atoms with Gasteiger partial charge in [-0.1, -0.05) is 12.1 Å². The van der Waals surface area contributed by atoms with Gasteiger partial charge in [0.05, 0.1) is 20.0 Å². The highest BCUT2D eigenvalue weighted by Gasteiger charge is 2.31. The lowest BCUT2D eigenvalue weighted by Gasteiger charge is -2.18. The second kappa shape index (κ2) is 7.87. The molecule has 1 atom stereocenters. The van der Waals surface area contributed by atoms with Crippen LogP contribution in [0.4, 0.5) is 0 Å². The maximum atomic E-state index is 12.7. The summed E-state index contributed by atoms with van der Waals surface area (Å²) >= 11 is 1.67. The Morgan fingerprint density at radius 1 is 1.28 bits per heavy atom. The predicted octanol–water partition coefficient (Wildman–Crippen LogP) is 3.79. The lowest BCUT2D eigenvalue weighted by Crippen LogP contribution is -2.28. The van der Waals surface area contributed by atoms with Crippen LogP contribution in [-0.2, 0) is 5.75 Å². The number of furan rings is 1. The van der Waals surface area contributed by atoms with E-state index in [0.717, 1.165) is 35.0 Å². The molecule has 0 N–H and O–H groups in total. The van der Waals surface area contributed by atoms with Crippen LogP contribution in [-0.4, -0.2) is 44.4 Å². The molecule has 1 aliphatic rings. The largest absolute Gasteiger partial charge is 0.493 e. The fraction of sp³-hybridized carbons (Fsp3) is 0.421. The van der Waals surface area contributed by atoms with Crippen molar-refractivity contribution in [1.29, 1.82) is 0 Å². The maximum absolute atomic E-state index is 12.7. The van der Waals surface area contributed by atoms with Crippen molar-refractivity contribution in [2.75, 3.05) is 33.6 Å². The summed E-state index contributed by atoms with van der Waals surface area (Å²) in [5, 5.41) is 0. The van der Waals surface area contributed by atoms with Gasteiger partial charge in [0.1, 0.15) is 5.76 Å². The molecule has 1 aliphatic heterocycles. The van der Waals surface area contributed by atoms with Crippen LogP contribution in [0.15, 0.2) is 34.7 Å². The molecule has 134 valence electrons. The number of benzene rings is 1. The van der Waals surface area contributed by atoms with Gasteiger partial charge in [0, 0.05) is 24.6 Å². The Kier molecular flexibility index (Phi) is 5.58. The third-order valence-electron chi connectivity index (χ3n) is 4.51. The van der Waals surface area contributed by atoms with Gasteiger partial charge >= 0.3 is 0 Å². The van der Waals surface area contributed by atoms with Crippen LogP contribution in [0, 0.1) is 0 Å². The molecule has 1 aromatic carbocycles. The van der Waals surface area contributed by atoms with Crippen LogP contribution in [0.5, 0.6) is 11.5 Å². The molecule has 2 heterocycles. The van der Waals surface area contributed by atoms with Gasteiger partial charge in [-0.2, -0.15) is 11.8 Å². The Hall–Kier alpha value is -2.08. The third-order valence-corrected chi connectivity index (χ3v) is 5.08. The number of hydrogen-bond acceptors (Lipinski definition) is 5. The monoisotopic (exact) mass is 361 g/mol. The number of nitrogens with zero attached hydrogens (tertiary/aromatic N) is 1. The molecule has 1 saturated heterocycles. The van der Waals surface area contributed by atoms with E-state index in [1.165, 1.54) is 0 Å². The molecule has 1 amide bonds. The summed E-state index contributed by atoms with van der Waals surface area (Å²) in [5.41, 5.74) is 1.08. The molecule has 0 bridgehead atoms. The van der Waals surface area contributed by atoms with Crippen LogP contribution >= 0.6 is 11.8 Å². The average molecular weight is 361 g/mol. The number of carbonyl (C=O) groups excluding carboxylic acids is 1. The highest BCUT2D eigenvalue weighted by atomic mass is 32.2. The minimum Gasteiger partial charge on any atom is -0.493 e. The normalized spacial score (nSPS) is 16.9. The number of thioether (sulfide) groups is 1. The zero-order chi connectivity index (χ0) is 17.8. The highest BCUT2D eigenvalue weighted by Crippen LogP contribution is 2.39. The van der Waals surface area contributed by atoms with Gasteiger partial charge in [-0.05, 0) is 30.9 Å². The van der Waals surface area contributed by atoms with Crippen molar-refractivity contribution < 1.29 is 18.7 Å². The fourth-order valence-electron chi connectivity index (χ4n) is 3.30. The molecule has 25 heavy (non-hydrogen) atoms. The van der Waals surface area contributed by atoms with E-state index in [1.807, 2.05) is 35.4 Å². The summed E-state index contributed by atoms with van der Waals surface area (Å²) in [6.07, 6.45) is 2.91. The topological polar surface area (TPSA) is 51.9 Å². The SMILES string of the molecule is COc1cccc([C@H]2CCN(C(=O)c3ccc(CSC)o3)C2)c1OC. The van der Waals surface area contributed by atoms with Crippen molar-refractivity contribution >= 4 is 17.7 Å². The van der Waals surface area contributed by atoms with Crippen molar-refractivity contribution in [2.24, 2.45) is 0 Å². The van der Waals surface area contributed by atoms with Crippen LogP contribution in [0.25, 0.3) is 0 Å². The second-order valence-corrected chi connectivity index (χ2v) is 6.88. The predicted molar refractivity (Wildman–Crippen MR) is 98.7 cm³/mol. The number of hydrogen-bond donors (Lipinski definition) is 0. The van der Waals surface area contributed by atoms with Gasteiger partial charge in [0.25, 0.3) is 5.91 Å². The Morgan fingerprint density at radius 3 is 2.84 bits per heavy atom. The molecule has 0 radical (unpaired) electrons. The van der Waals surface area contributed by atoms with Crippen molar-refractivity contribution in [3.05, 3.63) is 47.4 Å². The number of para-hydroxylation sites is 1. The van der Waals surface area contributed by atoms with E-state index >= 15 is 0 Å². The summed E-state index contributed by atoms with van der Waals surface area (Å²) < 4.78 is 16.6. The lowest BCUT2D eigenvalue weighted by molar-refractivity contribution is 0.0757. The first-order valence-corrected chi connectivity index (χ1v) is 9.65. The summed E-state index contributed by atoms with van der Waals surface area (Å²) in [6.45, 7) is 1.36. The summed E-state index contributed by atoms with van der Waals surface area (Å²) in [6, 6.07) is 9.54. The molecule has 0 unspecified atom stereocenters. The molecular weight excluding hydrogens is 338 g/mol. The quantitative estimate of drug-likeness (QED) is 0.783. The summed E-state index contributed by atoms with van der Waals surface area (Å²) in [4.78, 5) is 14.5. The van der Waals surface area contributed by atoms with Crippen LogP contribution < -0.4 is 9.47 Å². The van der Waals surface area contributed by atoms with Crippen LogP contribution in [0.2, 0.25) is 0 Å². The lowest BCUT2D eigenvalue weighted by atomic mass is 9.97. The maximum Gasteiger partial charge on any atom is 0.289 e. The first-order valence-electron chi connectivity index (χ1n) is 8.25. The molecule has 3 rings (SSSR count). The number of carbonyl (C=O) groups is 1. The molecule has 1 fully saturated rings. The Labute approximate surface area is 152 Å². The van der Waals surface area contributed by atoms with Gasteiger partial charge in [-0.15, -0.1) is 0 Å². The number of ether oxygens (including phenoxy) is 2. The molecule has 5 nitrogen and oxygen atoms in total. The minimum absolute atomic E-state index is 0.0447. The van der Waals surface area contributed by atoms with Gasteiger partial charge in [0.15, 0.2) is 17.3 Å². The van der Waals surface area contributed by atoms with Crippen molar-refractivity contribution in [3.63, 3.8) is 0 Å². The molecule has 2 aromatic rings. The van der Waals surface area contributed by atoms with Crippen molar-refractivity contribution in [1.82, 2.24) is 4.90 Å². The standard InChI is InChI=1S/C19H23NO4S/c1-22-16-6-4-5-15(18(16)23-2)13-9-10-20(11-13)19(21)17-8-7-14(24-17)12-25-3/h4-8,13H,9-12H2,1-3H3/t13-/m0/s1. The van der Waals surface area contributed by atoms with E-state index in [-0.39, 0.29) is 11.8 Å². The fourth-order valence-corrected chi connectivity index (χ4v) is 3.74. The summed E-state index contributed by atoms with van der Waals surface area (Å²) in [5.74, 6) is 3.69. The van der Waals surface area contributed by atoms with E-state index in [9.17, 15) is 4.79 Å². The van der Waals surface area contributed by atoms with Crippen molar-refractivity contribution in [2.45, 2.75) is 18.1 Å². The molecule has 0 saturated carbocycles. The van der Waals surface area contributed by atoms with Gasteiger partial charge < -0.3 is 18.8 Å². The minimum atomic E-state index is -0.0447. The van der Waals surface area contributed by atoms with E-state index < -0.39 is 0 Å². The molecule has 0 spiro atoms. The van der Waals surface area contributed by atoms with E-state index in [2.05, 4.69) is 0 Å². The average Bonchev–Trinajstić information content (AvgIpc) is 3.30. The van der Waals surface area contributed by atoms with Gasteiger partial charge in [0.2, 0.25) is 0 Å². The number of amides is 1. The molecule has 6 heteroatoms. The number of likely N-dealkylation sites (tertiary alicyclic amines) is 1.